The van der Waals surface area contributed by atoms with Crippen LogP contribution in [0.4, 0.5) is 8.78 Å². The quantitative estimate of drug-likeness (QED) is 0.807. The van der Waals surface area contributed by atoms with Crippen LogP contribution in [0.5, 0.6) is 5.75 Å². The summed E-state index contributed by atoms with van der Waals surface area (Å²) in [6.45, 7) is -0.00519. The van der Waals surface area contributed by atoms with E-state index in [0.717, 1.165) is 12.3 Å². The van der Waals surface area contributed by atoms with Gasteiger partial charge in [-0.3, -0.25) is 4.98 Å². The second-order valence-electron chi connectivity index (χ2n) is 3.89. The number of hydrogen-bond donors (Lipinski definition) is 0. The van der Waals surface area contributed by atoms with Crippen molar-refractivity contribution in [2.24, 2.45) is 0 Å². The van der Waals surface area contributed by atoms with Crippen molar-refractivity contribution in [2.75, 3.05) is 7.11 Å². The summed E-state index contributed by atoms with van der Waals surface area (Å²) in [5, 5.41) is 0. The number of rotatable bonds is 4. The standard InChI is InChI=1S/C14H11F2NO3/c1-19-14(18)9-2-5-13(12(16)6-9)20-8-11-4-3-10(15)7-17-11/h2-7H,8H2,1H3. The van der Waals surface area contributed by atoms with Crippen LogP contribution in [0.1, 0.15) is 16.1 Å². The highest BCUT2D eigenvalue weighted by Crippen LogP contribution is 2.19. The molecule has 0 spiro atoms. The third-order valence-corrected chi connectivity index (χ3v) is 2.52. The maximum atomic E-state index is 13.7. The number of esters is 1. The average Bonchev–Trinajstić information content (AvgIpc) is 2.46. The zero-order valence-electron chi connectivity index (χ0n) is 10.6. The van der Waals surface area contributed by atoms with Crippen LogP contribution < -0.4 is 4.74 Å². The molecule has 1 aromatic carbocycles. The first-order valence-electron chi connectivity index (χ1n) is 5.71. The van der Waals surface area contributed by atoms with E-state index < -0.39 is 17.6 Å². The van der Waals surface area contributed by atoms with Gasteiger partial charge in [0.05, 0.1) is 24.6 Å². The van der Waals surface area contributed by atoms with E-state index >= 15 is 0 Å². The summed E-state index contributed by atoms with van der Waals surface area (Å²) in [4.78, 5) is 15.0. The molecule has 0 amide bonds. The highest BCUT2D eigenvalue weighted by atomic mass is 19.1. The topological polar surface area (TPSA) is 48.4 Å². The predicted octanol–water partition coefficient (Wildman–Crippen LogP) is 2.73. The highest BCUT2D eigenvalue weighted by molar-refractivity contribution is 5.89. The van der Waals surface area contributed by atoms with Gasteiger partial charge in [-0.1, -0.05) is 0 Å². The van der Waals surface area contributed by atoms with Gasteiger partial charge in [-0.15, -0.1) is 0 Å². The Kier molecular flexibility index (Phi) is 4.24. The summed E-state index contributed by atoms with van der Waals surface area (Å²) in [7, 11) is 1.21. The molecule has 6 heteroatoms. The molecule has 2 rings (SSSR count). The number of aromatic nitrogens is 1. The number of halogens is 2. The summed E-state index contributed by atoms with van der Waals surface area (Å²) in [6.07, 6.45) is 1.05. The van der Waals surface area contributed by atoms with Gasteiger partial charge in [-0.05, 0) is 30.3 Å². The minimum Gasteiger partial charge on any atom is -0.484 e. The minimum absolute atomic E-state index is 0.00519. The molecule has 0 aliphatic rings. The lowest BCUT2D eigenvalue weighted by Crippen LogP contribution is -2.04. The largest absolute Gasteiger partial charge is 0.484 e. The smallest absolute Gasteiger partial charge is 0.337 e. The Bertz CT molecular complexity index is 614. The maximum Gasteiger partial charge on any atom is 0.337 e. The molecule has 104 valence electrons. The van der Waals surface area contributed by atoms with Gasteiger partial charge in [-0.25, -0.2) is 13.6 Å². The van der Waals surface area contributed by atoms with Crippen LogP contribution in [-0.4, -0.2) is 18.1 Å². The molecule has 0 atom stereocenters. The number of carbonyl (C=O) groups excluding carboxylic acids is 1. The minimum atomic E-state index is -0.685. The predicted molar refractivity (Wildman–Crippen MR) is 66.3 cm³/mol. The Balaban J connectivity index is 2.06. The molecule has 0 saturated carbocycles. The van der Waals surface area contributed by atoms with Crippen molar-refractivity contribution < 1.29 is 23.0 Å². The molecule has 0 aliphatic carbocycles. The van der Waals surface area contributed by atoms with Crippen molar-refractivity contribution in [3.8, 4) is 5.75 Å². The normalized spacial score (nSPS) is 10.2. The van der Waals surface area contributed by atoms with Gasteiger partial charge in [0, 0.05) is 0 Å². The van der Waals surface area contributed by atoms with Gasteiger partial charge in [-0.2, -0.15) is 0 Å². The summed E-state index contributed by atoms with van der Waals surface area (Å²) in [5.74, 6) is -1.79. The lowest BCUT2D eigenvalue weighted by Gasteiger charge is -2.07. The molecule has 20 heavy (non-hydrogen) atoms. The van der Waals surface area contributed by atoms with E-state index in [9.17, 15) is 13.6 Å². The average molecular weight is 279 g/mol. The van der Waals surface area contributed by atoms with Gasteiger partial charge >= 0.3 is 5.97 Å². The van der Waals surface area contributed by atoms with Gasteiger partial charge in [0.25, 0.3) is 0 Å². The van der Waals surface area contributed by atoms with Crippen molar-refractivity contribution in [2.45, 2.75) is 6.61 Å². The van der Waals surface area contributed by atoms with Crippen LogP contribution in [-0.2, 0) is 11.3 Å². The van der Waals surface area contributed by atoms with Crippen molar-refractivity contribution >= 4 is 5.97 Å². The molecule has 0 radical (unpaired) electrons. The van der Waals surface area contributed by atoms with Crippen molar-refractivity contribution in [1.29, 1.82) is 0 Å². The maximum absolute atomic E-state index is 13.7. The first kappa shape index (κ1) is 13.9. The highest BCUT2D eigenvalue weighted by Gasteiger charge is 2.10. The summed E-state index contributed by atoms with van der Waals surface area (Å²) < 4.78 is 36.1. The van der Waals surface area contributed by atoms with E-state index in [2.05, 4.69) is 9.72 Å². The van der Waals surface area contributed by atoms with E-state index in [1.54, 1.807) is 0 Å². The summed E-state index contributed by atoms with van der Waals surface area (Å²) in [5.41, 5.74) is 0.556. The van der Waals surface area contributed by atoms with Gasteiger partial charge in [0.1, 0.15) is 12.4 Å². The van der Waals surface area contributed by atoms with Crippen molar-refractivity contribution in [3.63, 3.8) is 0 Å². The third-order valence-electron chi connectivity index (χ3n) is 2.52. The molecule has 0 unspecified atom stereocenters. The van der Waals surface area contributed by atoms with E-state index in [-0.39, 0.29) is 17.9 Å². The van der Waals surface area contributed by atoms with Crippen LogP contribution in [0.25, 0.3) is 0 Å². The number of pyridine rings is 1. The molecule has 1 aromatic heterocycles. The van der Waals surface area contributed by atoms with Gasteiger partial charge in [0.2, 0.25) is 0 Å². The van der Waals surface area contributed by atoms with Crippen molar-refractivity contribution in [3.05, 3.63) is 59.4 Å². The number of ether oxygens (including phenoxy) is 2. The fourth-order valence-electron chi connectivity index (χ4n) is 1.51. The van der Waals surface area contributed by atoms with Crippen LogP contribution in [0.2, 0.25) is 0 Å². The second-order valence-corrected chi connectivity index (χ2v) is 3.89. The van der Waals surface area contributed by atoms with Crippen LogP contribution in [0, 0.1) is 11.6 Å². The lowest BCUT2D eigenvalue weighted by molar-refractivity contribution is 0.0600. The number of benzene rings is 1. The molecule has 0 fully saturated rings. The van der Waals surface area contributed by atoms with Crippen LogP contribution in [0.15, 0.2) is 36.5 Å². The Morgan fingerprint density at radius 3 is 2.65 bits per heavy atom. The molecule has 0 aliphatic heterocycles. The fraction of sp³-hybridized carbons (Fsp3) is 0.143. The van der Waals surface area contributed by atoms with Gasteiger partial charge in [0.15, 0.2) is 11.6 Å². The molecule has 4 nitrogen and oxygen atoms in total. The first-order chi connectivity index (χ1) is 9.60. The number of hydrogen-bond acceptors (Lipinski definition) is 4. The van der Waals surface area contributed by atoms with Gasteiger partial charge < -0.3 is 9.47 Å². The number of methoxy groups -OCH3 is 1. The number of nitrogens with zero attached hydrogens (tertiary/aromatic N) is 1. The molecule has 1 heterocycles. The van der Waals surface area contributed by atoms with E-state index in [0.29, 0.717) is 5.69 Å². The van der Waals surface area contributed by atoms with Crippen LogP contribution in [0.3, 0.4) is 0 Å². The van der Waals surface area contributed by atoms with E-state index in [1.807, 2.05) is 0 Å². The number of carbonyl (C=O) groups is 1. The molecule has 0 bridgehead atoms. The zero-order chi connectivity index (χ0) is 14.5. The Morgan fingerprint density at radius 2 is 2.05 bits per heavy atom. The van der Waals surface area contributed by atoms with E-state index in [1.165, 1.54) is 31.4 Å². The SMILES string of the molecule is COC(=O)c1ccc(OCc2ccc(F)cn2)c(F)c1. The lowest BCUT2D eigenvalue weighted by atomic mass is 10.2. The Hall–Kier alpha value is -2.50. The molecule has 2 aromatic rings. The zero-order valence-corrected chi connectivity index (χ0v) is 10.6. The van der Waals surface area contributed by atoms with Crippen LogP contribution >= 0.6 is 0 Å². The third kappa shape index (κ3) is 3.28. The Morgan fingerprint density at radius 1 is 1.25 bits per heavy atom. The molecular formula is C14H11F2NO3. The molecular weight excluding hydrogens is 268 g/mol. The van der Waals surface area contributed by atoms with E-state index in [4.69, 9.17) is 4.74 Å². The summed E-state index contributed by atoms with van der Waals surface area (Å²) >= 11 is 0. The first-order valence-corrected chi connectivity index (χ1v) is 5.71. The second kappa shape index (κ2) is 6.10. The molecule has 0 saturated heterocycles. The molecule has 0 N–H and O–H groups in total. The summed E-state index contributed by atoms with van der Waals surface area (Å²) in [6, 6.07) is 6.42. The Labute approximate surface area is 114 Å². The fourth-order valence-corrected chi connectivity index (χ4v) is 1.51. The van der Waals surface area contributed by atoms with Crippen molar-refractivity contribution in [1.82, 2.24) is 4.98 Å². The monoisotopic (exact) mass is 279 g/mol.